The molecule has 6 N–H and O–H groups in total. The largest absolute Gasteiger partial charge is 0.504 e. The molecule has 5 atom stereocenters. The average molecular weight is 478 g/mol. The number of phenolic OH excluding ortho intramolecular Hbond substituents is 2. The fourth-order valence-electron chi connectivity index (χ4n) is 3.39. The maximum absolute atomic E-state index is 12.7. The summed E-state index contributed by atoms with van der Waals surface area (Å²) in [7, 11) is 2.62. The van der Waals surface area contributed by atoms with Gasteiger partial charge in [-0.3, -0.25) is 4.79 Å². The zero-order valence-electron chi connectivity index (χ0n) is 18.4. The van der Waals surface area contributed by atoms with Gasteiger partial charge in [0.25, 0.3) is 0 Å². The van der Waals surface area contributed by atoms with Gasteiger partial charge in [0.2, 0.25) is 12.0 Å². The average Bonchev–Trinajstić information content (AvgIpc) is 2.83. The summed E-state index contributed by atoms with van der Waals surface area (Å²) in [5, 5.41) is 59.5. The Morgan fingerprint density at radius 1 is 1.00 bits per heavy atom. The fourth-order valence-corrected chi connectivity index (χ4v) is 3.39. The molecule has 0 saturated carbocycles. The predicted octanol–water partition coefficient (Wildman–Crippen LogP) is 0.190. The van der Waals surface area contributed by atoms with Gasteiger partial charge in [0.15, 0.2) is 28.8 Å². The molecule has 184 valence electrons. The summed E-state index contributed by atoms with van der Waals surface area (Å²) in [4.78, 5) is 12.7. The van der Waals surface area contributed by atoms with Gasteiger partial charge in [-0.2, -0.15) is 0 Å². The van der Waals surface area contributed by atoms with Crippen LogP contribution in [0.2, 0.25) is 0 Å². The number of rotatable bonds is 8. The molecule has 0 unspecified atom stereocenters. The van der Waals surface area contributed by atoms with Crippen LogP contribution in [0.25, 0.3) is 6.08 Å². The summed E-state index contributed by atoms with van der Waals surface area (Å²) >= 11 is 0. The van der Waals surface area contributed by atoms with Crippen LogP contribution in [0.15, 0.2) is 36.4 Å². The summed E-state index contributed by atoms with van der Waals surface area (Å²) in [5.74, 6) is -1.28. The Bertz CT molecular complexity index is 1050. The summed E-state index contributed by atoms with van der Waals surface area (Å²) in [6, 6.07) is 7.07. The smallest absolute Gasteiger partial charge is 0.229 e. The number of ether oxygens (including phenoxy) is 4. The lowest BCUT2D eigenvalue weighted by Gasteiger charge is -2.39. The second-order valence-corrected chi connectivity index (χ2v) is 7.44. The Kier molecular flexibility index (Phi) is 7.97. The number of benzene rings is 2. The van der Waals surface area contributed by atoms with Crippen molar-refractivity contribution >= 4 is 11.9 Å². The third kappa shape index (κ3) is 5.08. The molecule has 1 aliphatic rings. The first-order chi connectivity index (χ1) is 16.2. The third-order valence-electron chi connectivity index (χ3n) is 5.29. The van der Waals surface area contributed by atoms with Crippen molar-refractivity contribution in [1.29, 1.82) is 0 Å². The Morgan fingerprint density at radius 2 is 1.74 bits per heavy atom. The van der Waals surface area contributed by atoms with E-state index in [-0.39, 0.29) is 28.6 Å². The first-order valence-corrected chi connectivity index (χ1v) is 10.2. The van der Waals surface area contributed by atoms with Crippen molar-refractivity contribution in [1.82, 2.24) is 0 Å². The number of aliphatic hydroxyl groups excluding tert-OH is 4. The van der Waals surface area contributed by atoms with Crippen LogP contribution in [0.5, 0.6) is 28.7 Å². The van der Waals surface area contributed by atoms with E-state index in [0.29, 0.717) is 5.56 Å². The number of carbonyl (C=O) groups is 1. The molecule has 11 nitrogen and oxygen atoms in total. The molecule has 3 rings (SSSR count). The minimum atomic E-state index is -1.67. The van der Waals surface area contributed by atoms with Gasteiger partial charge in [-0.05, 0) is 35.9 Å². The monoisotopic (exact) mass is 478 g/mol. The van der Waals surface area contributed by atoms with E-state index in [1.165, 1.54) is 50.6 Å². The topological polar surface area (TPSA) is 175 Å². The first kappa shape index (κ1) is 25.3. The van der Waals surface area contributed by atoms with E-state index in [9.17, 15) is 35.4 Å². The van der Waals surface area contributed by atoms with Crippen molar-refractivity contribution in [2.75, 3.05) is 20.8 Å². The molecule has 0 bridgehead atoms. The molecule has 34 heavy (non-hydrogen) atoms. The van der Waals surface area contributed by atoms with Gasteiger partial charge in [0, 0.05) is 0 Å². The number of methoxy groups -OCH3 is 2. The van der Waals surface area contributed by atoms with Crippen LogP contribution < -0.4 is 14.2 Å². The number of allylic oxidation sites excluding steroid dienone is 1. The molecule has 2 aromatic rings. The molecule has 0 aromatic heterocycles. The fraction of sp³-hybridized carbons (Fsp3) is 0.348. The lowest BCUT2D eigenvalue weighted by Crippen LogP contribution is -2.60. The molecule has 0 spiro atoms. The highest BCUT2D eigenvalue weighted by atomic mass is 16.7. The van der Waals surface area contributed by atoms with Crippen LogP contribution in [0, 0.1) is 0 Å². The van der Waals surface area contributed by atoms with Gasteiger partial charge in [0.1, 0.15) is 24.4 Å². The van der Waals surface area contributed by atoms with Crippen molar-refractivity contribution in [3.05, 3.63) is 47.5 Å². The molecule has 1 aliphatic heterocycles. The van der Waals surface area contributed by atoms with E-state index < -0.39 is 48.8 Å². The van der Waals surface area contributed by atoms with Crippen LogP contribution in [0.3, 0.4) is 0 Å². The number of aliphatic hydroxyl groups is 4. The van der Waals surface area contributed by atoms with Gasteiger partial charge in [0.05, 0.1) is 26.4 Å². The van der Waals surface area contributed by atoms with E-state index in [0.717, 1.165) is 0 Å². The number of carbonyl (C=O) groups excluding carboxylic acids is 1. The van der Waals surface area contributed by atoms with Gasteiger partial charge in [-0.15, -0.1) is 0 Å². The first-order valence-electron chi connectivity index (χ1n) is 10.2. The Balaban J connectivity index is 1.82. The van der Waals surface area contributed by atoms with Gasteiger partial charge < -0.3 is 49.6 Å². The summed E-state index contributed by atoms with van der Waals surface area (Å²) in [6.45, 7) is -0.639. The zero-order valence-corrected chi connectivity index (χ0v) is 18.4. The SMILES string of the molecule is COc1cc(/C=C/C(=O)c2ccc(O[C@@H]3O[C@@H](CO)[C@@H](O)[C@H](O)[C@H]3O)c(OC)c2O)ccc1O. The van der Waals surface area contributed by atoms with E-state index in [4.69, 9.17) is 18.9 Å². The summed E-state index contributed by atoms with van der Waals surface area (Å²) in [5.41, 5.74) is 0.456. The minimum absolute atomic E-state index is 0.0525. The van der Waals surface area contributed by atoms with E-state index in [1.54, 1.807) is 6.07 Å². The maximum Gasteiger partial charge on any atom is 0.229 e. The standard InChI is InChI=1S/C23H26O11/c1-31-16-9-11(4-7-14(16)26)3-6-13(25)12-5-8-15(22(32-2)18(12)27)33-23-21(30)20(29)19(28)17(10-24)34-23/h3-9,17,19-21,23-24,26-30H,10H2,1-2H3/b6-3+/t17-,19+,20-,21+,23+/m0/s1. The lowest BCUT2D eigenvalue weighted by atomic mass is 9.99. The molecular weight excluding hydrogens is 452 g/mol. The minimum Gasteiger partial charge on any atom is -0.504 e. The molecular formula is C23H26O11. The normalized spacial score (nSPS) is 24.7. The van der Waals surface area contributed by atoms with Crippen molar-refractivity contribution < 1.29 is 54.4 Å². The number of phenols is 2. The van der Waals surface area contributed by atoms with Crippen molar-refractivity contribution in [3.8, 4) is 28.7 Å². The second-order valence-electron chi connectivity index (χ2n) is 7.44. The lowest BCUT2D eigenvalue weighted by molar-refractivity contribution is -0.277. The third-order valence-corrected chi connectivity index (χ3v) is 5.29. The van der Waals surface area contributed by atoms with E-state index in [1.807, 2.05) is 0 Å². The van der Waals surface area contributed by atoms with E-state index >= 15 is 0 Å². The summed E-state index contributed by atoms with van der Waals surface area (Å²) < 4.78 is 21.0. The zero-order chi connectivity index (χ0) is 25.0. The van der Waals surface area contributed by atoms with Crippen LogP contribution >= 0.6 is 0 Å². The molecule has 0 amide bonds. The highest BCUT2D eigenvalue weighted by molar-refractivity contribution is 6.09. The number of hydrogen-bond donors (Lipinski definition) is 6. The molecule has 1 fully saturated rings. The molecule has 1 saturated heterocycles. The quantitative estimate of drug-likeness (QED) is 0.226. The van der Waals surface area contributed by atoms with Crippen LogP contribution in [0.4, 0.5) is 0 Å². The highest BCUT2D eigenvalue weighted by Gasteiger charge is 2.45. The van der Waals surface area contributed by atoms with E-state index in [2.05, 4.69) is 0 Å². The van der Waals surface area contributed by atoms with Gasteiger partial charge in [-0.1, -0.05) is 12.1 Å². The summed E-state index contributed by atoms with van der Waals surface area (Å²) in [6.07, 6.45) is -4.90. The molecule has 0 aliphatic carbocycles. The molecule has 1 heterocycles. The van der Waals surface area contributed by atoms with Crippen LogP contribution in [-0.2, 0) is 4.74 Å². The van der Waals surface area contributed by atoms with Gasteiger partial charge in [-0.25, -0.2) is 0 Å². The number of hydrogen-bond acceptors (Lipinski definition) is 11. The number of aromatic hydroxyl groups is 2. The van der Waals surface area contributed by atoms with Gasteiger partial charge >= 0.3 is 0 Å². The maximum atomic E-state index is 12.7. The van der Waals surface area contributed by atoms with Crippen LogP contribution in [0.1, 0.15) is 15.9 Å². The Labute approximate surface area is 194 Å². The van der Waals surface area contributed by atoms with Crippen LogP contribution in [-0.4, -0.2) is 88.0 Å². The Hall–Kier alpha value is -3.35. The number of ketones is 1. The molecule has 0 radical (unpaired) electrons. The van der Waals surface area contributed by atoms with Crippen molar-refractivity contribution in [3.63, 3.8) is 0 Å². The predicted molar refractivity (Wildman–Crippen MR) is 117 cm³/mol. The molecule has 2 aromatic carbocycles. The molecule has 11 heteroatoms. The highest BCUT2D eigenvalue weighted by Crippen LogP contribution is 2.41. The second kappa shape index (κ2) is 10.7. The Morgan fingerprint density at radius 3 is 2.38 bits per heavy atom. The van der Waals surface area contributed by atoms with Crippen molar-refractivity contribution in [2.24, 2.45) is 0 Å². The van der Waals surface area contributed by atoms with Crippen molar-refractivity contribution in [2.45, 2.75) is 30.7 Å².